The average molecular weight is 832 g/mol. The number of hydrogen-bond donors (Lipinski definition) is 6. The molecule has 3 amide bonds. The van der Waals surface area contributed by atoms with Crippen molar-refractivity contribution in [2.24, 2.45) is 17.6 Å². The first kappa shape index (κ1) is 44.0. The summed E-state index contributed by atoms with van der Waals surface area (Å²) >= 11 is 0. The summed E-state index contributed by atoms with van der Waals surface area (Å²) in [5.41, 5.74) is -2.15. The van der Waals surface area contributed by atoms with Crippen molar-refractivity contribution in [1.29, 1.82) is 0 Å². The number of phenols is 1. The number of primary amides is 1. The van der Waals surface area contributed by atoms with Crippen LogP contribution in [-0.4, -0.2) is 124 Å². The molecule has 3 aliphatic carbocycles. The number of nitrogens with one attached hydrogen (secondary N) is 1. The largest absolute Gasteiger partial charge is 0.510 e. The molecule has 0 heterocycles. The van der Waals surface area contributed by atoms with Crippen LogP contribution in [0.15, 0.2) is 53.0 Å². The van der Waals surface area contributed by atoms with Crippen LogP contribution in [-0.2, 0) is 36.5 Å². The molecule has 0 aromatic heterocycles. The smallest absolute Gasteiger partial charge is 0.417 e. The molecule has 59 heavy (non-hydrogen) atoms. The van der Waals surface area contributed by atoms with Gasteiger partial charge in [-0.15, -0.1) is 0 Å². The number of allylic oxidation sites excluding steroid dienone is 1. The Bertz CT molecular complexity index is 2210. The summed E-state index contributed by atoms with van der Waals surface area (Å²) in [6.45, 7) is 2.70. The minimum absolute atomic E-state index is 0.0279. The first-order valence-electron chi connectivity index (χ1n) is 18.0. The first-order chi connectivity index (χ1) is 27.2. The Morgan fingerprint density at radius 1 is 1.00 bits per heavy atom. The number of nitrogens with zero attached hydrogens (tertiary/aromatic N) is 3. The fourth-order valence-corrected chi connectivity index (χ4v) is 7.90. The van der Waals surface area contributed by atoms with E-state index in [1.165, 1.54) is 51.9 Å². The van der Waals surface area contributed by atoms with Gasteiger partial charge in [-0.3, -0.25) is 29.0 Å². The number of anilines is 2. The Balaban J connectivity index is 1.42. The monoisotopic (exact) mass is 831 g/mol. The highest BCUT2D eigenvalue weighted by Gasteiger charge is 2.63. The number of ketones is 2. The van der Waals surface area contributed by atoms with Gasteiger partial charge in [0.1, 0.15) is 23.6 Å². The van der Waals surface area contributed by atoms with E-state index in [2.05, 4.69) is 5.32 Å². The Kier molecular flexibility index (Phi) is 11.6. The molecule has 0 unspecified atom stereocenters. The average Bonchev–Trinajstić information content (AvgIpc) is 3.11. The lowest BCUT2D eigenvalue weighted by atomic mass is 9.58. The second-order valence-corrected chi connectivity index (χ2v) is 15.8. The fourth-order valence-electron chi connectivity index (χ4n) is 7.90. The van der Waals surface area contributed by atoms with Crippen LogP contribution < -0.4 is 16.0 Å². The number of esters is 1. The number of rotatable bonds is 9. The molecule has 0 saturated carbocycles. The lowest BCUT2D eigenvalue weighted by Crippen LogP contribution is -2.63. The molecule has 0 bridgehead atoms. The number of ether oxygens (including phenoxy) is 2. The summed E-state index contributed by atoms with van der Waals surface area (Å²) in [5, 5.41) is 48.6. The SMILES string of the molecule is CN(C)c1cc(NC(=O)CN(C(=O)OCOC(=O)c2ccccc2C(F)(F)F)C(C)(C)C)c(O)c2c1C[C@H]1C[C@H]3[C@H](N(C)C)C(O)=C(C(N)=O)C(=O)[C@@]3(O)C(O)=C1C2=O. The summed E-state index contributed by atoms with van der Waals surface area (Å²) in [5.74, 6) is -10.8. The molecule has 0 aliphatic heterocycles. The highest BCUT2D eigenvalue weighted by molar-refractivity contribution is 6.25. The summed E-state index contributed by atoms with van der Waals surface area (Å²) in [7, 11) is 6.26. The molecule has 17 nitrogen and oxygen atoms in total. The highest BCUT2D eigenvalue weighted by atomic mass is 19.4. The number of Topliss-reactive ketones (excluding diaryl/α,β-unsaturated/α-hetero) is 2. The van der Waals surface area contributed by atoms with Crippen LogP contribution in [0.3, 0.4) is 0 Å². The van der Waals surface area contributed by atoms with E-state index in [0.717, 1.165) is 17.0 Å². The molecule has 0 radical (unpaired) electrons. The van der Waals surface area contributed by atoms with Gasteiger partial charge in [-0.25, -0.2) is 9.59 Å². The number of aromatic hydroxyl groups is 1. The summed E-state index contributed by atoms with van der Waals surface area (Å²) in [6, 6.07) is 4.02. The van der Waals surface area contributed by atoms with Gasteiger partial charge in [-0.05, 0) is 77.4 Å². The zero-order valence-electron chi connectivity index (χ0n) is 33.1. The second kappa shape index (κ2) is 15.6. The van der Waals surface area contributed by atoms with Crippen molar-refractivity contribution in [3.05, 3.63) is 75.3 Å². The van der Waals surface area contributed by atoms with E-state index in [1.54, 1.807) is 19.0 Å². The number of halogens is 3. The molecule has 4 atom stereocenters. The third-order valence-electron chi connectivity index (χ3n) is 10.6. The van der Waals surface area contributed by atoms with E-state index in [4.69, 9.17) is 15.2 Å². The maximum absolute atomic E-state index is 14.4. The minimum Gasteiger partial charge on any atom is -0.510 e. The van der Waals surface area contributed by atoms with Crippen molar-refractivity contribution in [2.75, 3.05) is 51.7 Å². The molecular weight excluding hydrogens is 787 g/mol. The Labute approximate surface area is 335 Å². The third kappa shape index (κ3) is 7.76. The van der Waals surface area contributed by atoms with Gasteiger partial charge in [0.15, 0.2) is 17.1 Å². The minimum atomic E-state index is -4.87. The molecular formula is C39H44F3N5O12. The van der Waals surface area contributed by atoms with E-state index in [0.29, 0.717) is 11.8 Å². The van der Waals surface area contributed by atoms with Gasteiger partial charge in [0.05, 0.1) is 28.4 Å². The lowest BCUT2D eigenvalue weighted by Gasteiger charge is -2.50. The Morgan fingerprint density at radius 2 is 1.63 bits per heavy atom. The number of amides is 3. The highest BCUT2D eigenvalue weighted by Crippen LogP contribution is 2.54. The summed E-state index contributed by atoms with van der Waals surface area (Å²) in [4.78, 5) is 83.3. The Morgan fingerprint density at radius 3 is 2.19 bits per heavy atom. The normalized spacial score (nSPS) is 21.7. The van der Waals surface area contributed by atoms with Crippen LogP contribution in [0.1, 0.15) is 59.0 Å². The van der Waals surface area contributed by atoms with Gasteiger partial charge < -0.3 is 45.9 Å². The number of carbonyl (C=O) groups excluding carboxylic acids is 6. The van der Waals surface area contributed by atoms with Gasteiger partial charge >= 0.3 is 18.2 Å². The number of nitrogens with two attached hydrogens (primary N) is 1. The van der Waals surface area contributed by atoms with Crippen molar-refractivity contribution in [3.63, 3.8) is 0 Å². The van der Waals surface area contributed by atoms with Gasteiger partial charge in [0.25, 0.3) is 5.91 Å². The number of hydrogen-bond acceptors (Lipinski definition) is 14. The van der Waals surface area contributed by atoms with E-state index >= 15 is 0 Å². The Hall–Kier alpha value is -6.15. The number of likely N-dealkylation sites (N-methyl/N-ethyl adjacent to an activating group) is 1. The number of phenolic OH excluding ortho intramolecular Hbond substituents is 1. The van der Waals surface area contributed by atoms with E-state index in [-0.39, 0.29) is 29.7 Å². The number of carbonyl (C=O) groups is 6. The standard InChI is InChI=1S/C39H44F3N5O12/c1-37(2,3)47(36(56)59-16-58-35(55)18-10-8-9-11-20(18)39(40,41)42)15-24(48)44-22-14-23(45(4)5)19-12-17-13-21-28(46(6)7)31(51)27(34(43)54)33(53)38(21,57)32(52)25(17)30(50)26(19)29(22)49/h8-11,14,17,21,28,49,51-52,57H,12-13,15-16H2,1-7H3,(H2,43,54)(H,44,48)/t17-,21-,28-,38-/m0/s1. The summed E-state index contributed by atoms with van der Waals surface area (Å²) < 4.78 is 49.9. The van der Waals surface area contributed by atoms with Crippen LogP contribution in [0, 0.1) is 11.8 Å². The number of aliphatic hydroxyl groups excluding tert-OH is 2. The molecule has 20 heteroatoms. The van der Waals surface area contributed by atoms with Crippen molar-refractivity contribution < 1.29 is 71.8 Å². The van der Waals surface area contributed by atoms with E-state index < -0.39 is 124 Å². The molecule has 3 aliphatic rings. The van der Waals surface area contributed by atoms with Gasteiger partial charge in [-0.1, -0.05) is 12.1 Å². The molecule has 2 aromatic carbocycles. The van der Waals surface area contributed by atoms with Gasteiger partial charge in [0, 0.05) is 36.8 Å². The van der Waals surface area contributed by atoms with Crippen LogP contribution in [0.2, 0.25) is 0 Å². The van der Waals surface area contributed by atoms with Crippen LogP contribution in [0.4, 0.5) is 29.3 Å². The number of fused-ring (bicyclic) bond motifs is 3. The number of alkyl halides is 3. The van der Waals surface area contributed by atoms with Crippen molar-refractivity contribution in [1.82, 2.24) is 9.80 Å². The molecule has 0 fully saturated rings. The lowest BCUT2D eigenvalue weighted by molar-refractivity contribution is -0.148. The van der Waals surface area contributed by atoms with E-state index in [9.17, 15) is 62.4 Å². The van der Waals surface area contributed by atoms with Crippen molar-refractivity contribution in [3.8, 4) is 5.75 Å². The van der Waals surface area contributed by atoms with Crippen LogP contribution >= 0.6 is 0 Å². The zero-order valence-corrected chi connectivity index (χ0v) is 33.1. The molecule has 0 saturated heterocycles. The maximum atomic E-state index is 14.4. The van der Waals surface area contributed by atoms with E-state index in [1.807, 2.05) is 0 Å². The molecule has 0 spiro atoms. The number of aliphatic hydroxyl groups is 3. The quantitative estimate of drug-likeness (QED) is 0.0920. The number of benzene rings is 2. The van der Waals surface area contributed by atoms with Crippen LogP contribution in [0.25, 0.3) is 0 Å². The molecule has 7 N–H and O–H groups in total. The molecule has 318 valence electrons. The fraction of sp³-hybridized carbons (Fsp3) is 0.436. The van der Waals surface area contributed by atoms with Gasteiger partial charge in [0.2, 0.25) is 18.5 Å². The molecule has 5 rings (SSSR count). The van der Waals surface area contributed by atoms with Gasteiger partial charge in [-0.2, -0.15) is 13.2 Å². The molecule has 2 aromatic rings. The first-order valence-corrected chi connectivity index (χ1v) is 18.0. The zero-order chi connectivity index (χ0) is 44.3. The third-order valence-corrected chi connectivity index (χ3v) is 10.6. The maximum Gasteiger partial charge on any atom is 0.417 e. The topological polar surface area (TPSA) is 250 Å². The van der Waals surface area contributed by atoms with Crippen LogP contribution in [0.5, 0.6) is 5.75 Å². The summed E-state index contributed by atoms with van der Waals surface area (Å²) in [6.07, 6.45) is -6.25. The van der Waals surface area contributed by atoms with Crippen molar-refractivity contribution in [2.45, 2.75) is 57.0 Å². The second-order valence-electron chi connectivity index (χ2n) is 15.8. The van der Waals surface area contributed by atoms with Crippen molar-refractivity contribution >= 4 is 46.8 Å². The predicted molar refractivity (Wildman–Crippen MR) is 201 cm³/mol. The predicted octanol–water partition coefficient (Wildman–Crippen LogP) is 3.20.